The van der Waals surface area contributed by atoms with Crippen molar-refractivity contribution in [2.75, 3.05) is 11.9 Å². The number of anilines is 1. The molecule has 1 N–H and O–H groups in total. The first-order valence-electron chi connectivity index (χ1n) is 9.39. The third kappa shape index (κ3) is 4.95. The first-order chi connectivity index (χ1) is 14.3. The summed E-state index contributed by atoms with van der Waals surface area (Å²) in [5.74, 6) is 2.45. The Labute approximate surface area is 168 Å². The van der Waals surface area contributed by atoms with Gasteiger partial charge < -0.3 is 14.6 Å². The summed E-state index contributed by atoms with van der Waals surface area (Å²) in [5, 5.41) is 7.26. The molecular formula is C22H21N5O2. The molecule has 4 rings (SSSR count). The maximum atomic E-state index is 5.63. The second kappa shape index (κ2) is 8.97. The lowest BCUT2D eigenvalue weighted by Crippen LogP contribution is -2.08. The van der Waals surface area contributed by atoms with Gasteiger partial charge in [0.05, 0.1) is 5.56 Å². The maximum Gasteiger partial charge on any atom is 0.259 e. The van der Waals surface area contributed by atoms with Crippen LogP contribution in [0.3, 0.4) is 0 Å². The van der Waals surface area contributed by atoms with Crippen LogP contribution in [0, 0.1) is 6.92 Å². The van der Waals surface area contributed by atoms with Crippen LogP contribution in [0.25, 0.3) is 11.5 Å². The van der Waals surface area contributed by atoms with E-state index in [1.165, 1.54) is 5.56 Å². The molecule has 3 aromatic heterocycles. The van der Waals surface area contributed by atoms with E-state index in [4.69, 9.17) is 9.26 Å². The average Bonchev–Trinajstić information content (AvgIpc) is 3.24. The van der Waals surface area contributed by atoms with Crippen molar-refractivity contribution in [2.24, 2.45) is 0 Å². The third-order valence-electron chi connectivity index (χ3n) is 4.38. The van der Waals surface area contributed by atoms with Crippen LogP contribution in [0.15, 0.2) is 71.5 Å². The normalized spacial score (nSPS) is 10.7. The number of nitrogens with one attached hydrogen (secondary N) is 1. The standard InChI is InChI=1S/C22H21N5O2/c1-16-6-5-12-23-19(16)11-13-24-20-10-9-17(14-25-20)22-26-21(27-29-22)15-28-18-7-3-2-4-8-18/h2-10,12,14H,11,13,15H2,1H3,(H,24,25). The summed E-state index contributed by atoms with van der Waals surface area (Å²) in [4.78, 5) is 13.2. The molecule has 0 fully saturated rings. The monoisotopic (exact) mass is 387 g/mol. The van der Waals surface area contributed by atoms with Crippen LogP contribution in [0.1, 0.15) is 17.1 Å². The molecule has 146 valence electrons. The molecule has 29 heavy (non-hydrogen) atoms. The Morgan fingerprint density at radius 1 is 1.00 bits per heavy atom. The van der Waals surface area contributed by atoms with Crippen molar-refractivity contribution in [2.45, 2.75) is 20.0 Å². The van der Waals surface area contributed by atoms with Crippen molar-refractivity contribution >= 4 is 5.82 Å². The van der Waals surface area contributed by atoms with E-state index in [9.17, 15) is 0 Å². The number of hydrogen-bond donors (Lipinski definition) is 1. The minimum absolute atomic E-state index is 0.244. The zero-order valence-electron chi connectivity index (χ0n) is 16.1. The molecule has 0 unspecified atom stereocenters. The van der Waals surface area contributed by atoms with Gasteiger partial charge in [0.15, 0.2) is 6.61 Å². The van der Waals surface area contributed by atoms with Gasteiger partial charge in [-0.3, -0.25) is 4.98 Å². The summed E-state index contributed by atoms with van der Waals surface area (Å²) in [6.07, 6.45) is 4.37. The molecule has 0 spiro atoms. The van der Waals surface area contributed by atoms with Gasteiger partial charge in [0.25, 0.3) is 5.89 Å². The molecule has 4 aromatic rings. The number of rotatable bonds is 8. The van der Waals surface area contributed by atoms with Crippen LogP contribution in [-0.2, 0) is 13.0 Å². The van der Waals surface area contributed by atoms with Crippen LogP contribution in [0.2, 0.25) is 0 Å². The van der Waals surface area contributed by atoms with Crippen LogP contribution in [0.4, 0.5) is 5.82 Å². The van der Waals surface area contributed by atoms with Gasteiger partial charge in [0.2, 0.25) is 5.82 Å². The highest BCUT2D eigenvalue weighted by Gasteiger charge is 2.10. The van der Waals surface area contributed by atoms with Crippen molar-refractivity contribution < 1.29 is 9.26 Å². The number of nitrogens with zero attached hydrogens (tertiary/aromatic N) is 4. The Morgan fingerprint density at radius 2 is 1.90 bits per heavy atom. The van der Waals surface area contributed by atoms with Gasteiger partial charge in [-0.2, -0.15) is 4.98 Å². The minimum atomic E-state index is 0.244. The van der Waals surface area contributed by atoms with Gasteiger partial charge in [0, 0.05) is 31.1 Å². The number of ether oxygens (including phenoxy) is 1. The zero-order chi connectivity index (χ0) is 19.9. The highest BCUT2D eigenvalue weighted by Crippen LogP contribution is 2.18. The molecule has 3 heterocycles. The van der Waals surface area contributed by atoms with Gasteiger partial charge >= 0.3 is 0 Å². The van der Waals surface area contributed by atoms with Crippen LogP contribution < -0.4 is 10.1 Å². The molecule has 0 saturated carbocycles. The summed E-state index contributed by atoms with van der Waals surface area (Å²) in [5.41, 5.74) is 3.04. The summed E-state index contributed by atoms with van der Waals surface area (Å²) < 4.78 is 11.0. The molecule has 0 aliphatic rings. The summed E-state index contributed by atoms with van der Waals surface area (Å²) in [6.45, 7) is 3.07. The van der Waals surface area contributed by atoms with E-state index in [1.54, 1.807) is 6.20 Å². The van der Waals surface area contributed by atoms with E-state index in [1.807, 2.05) is 54.7 Å². The van der Waals surface area contributed by atoms with E-state index in [-0.39, 0.29) is 6.61 Å². The number of hydrogen-bond acceptors (Lipinski definition) is 7. The molecule has 0 radical (unpaired) electrons. The van der Waals surface area contributed by atoms with Crippen LogP contribution in [-0.4, -0.2) is 26.7 Å². The summed E-state index contributed by atoms with van der Waals surface area (Å²) in [7, 11) is 0. The lowest BCUT2D eigenvalue weighted by molar-refractivity contribution is 0.287. The number of aryl methyl sites for hydroxylation is 1. The quantitative estimate of drug-likeness (QED) is 0.488. The molecule has 1 aromatic carbocycles. The highest BCUT2D eigenvalue weighted by atomic mass is 16.5. The van der Waals surface area contributed by atoms with Crippen LogP contribution in [0.5, 0.6) is 5.75 Å². The van der Waals surface area contributed by atoms with E-state index in [2.05, 4.69) is 38.4 Å². The van der Waals surface area contributed by atoms with Crippen molar-refractivity contribution in [3.8, 4) is 17.2 Å². The molecule has 0 aliphatic heterocycles. The van der Waals surface area contributed by atoms with E-state index < -0.39 is 0 Å². The van der Waals surface area contributed by atoms with Crippen molar-refractivity contribution in [1.82, 2.24) is 20.1 Å². The predicted octanol–water partition coefficient (Wildman–Crippen LogP) is 4.07. The van der Waals surface area contributed by atoms with Gasteiger partial charge in [-0.1, -0.05) is 29.4 Å². The number of pyridine rings is 2. The summed E-state index contributed by atoms with van der Waals surface area (Å²) >= 11 is 0. The molecule has 0 aliphatic carbocycles. The molecule has 7 nitrogen and oxygen atoms in total. The Kier molecular flexibility index (Phi) is 5.76. The topological polar surface area (TPSA) is 86.0 Å². The Hall–Kier alpha value is -3.74. The second-order valence-corrected chi connectivity index (χ2v) is 6.49. The van der Waals surface area contributed by atoms with E-state index >= 15 is 0 Å². The van der Waals surface area contributed by atoms with Gasteiger partial charge in [-0.05, 0) is 42.8 Å². The molecular weight excluding hydrogens is 366 g/mol. The SMILES string of the molecule is Cc1cccnc1CCNc1ccc(-c2nc(COc3ccccc3)no2)cn1. The minimum Gasteiger partial charge on any atom is -0.485 e. The first-order valence-corrected chi connectivity index (χ1v) is 9.39. The average molecular weight is 387 g/mol. The van der Waals surface area contributed by atoms with Crippen LogP contribution >= 0.6 is 0 Å². The van der Waals surface area contributed by atoms with Gasteiger partial charge in [0.1, 0.15) is 11.6 Å². The Balaban J connectivity index is 1.31. The summed E-state index contributed by atoms with van der Waals surface area (Å²) in [6, 6.07) is 17.3. The predicted molar refractivity (Wildman–Crippen MR) is 109 cm³/mol. The van der Waals surface area contributed by atoms with E-state index in [0.29, 0.717) is 11.7 Å². The highest BCUT2D eigenvalue weighted by molar-refractivity contribution is 5.54. The third-order valence-corrected chi connectivity index (χ3v) is 4.38. The van der Waals surface area contributed by atoms with Crippen molar-refractivity contribution in [1.29, 1.82) is 0 Å². The lowest BCUT2D eigenvalue weighted by atomic mass is 10.1. The fourth-order valence-corrected chi connectivity index (χ4v) is 2.81. The number of aromatic nitrogens is 4. The molecule has 7 heteroatoms. The smallest absolute Gasteiger partial charge is 0.259 e. The molecule has 0 saturated heterocycles. The van der Waals surface area contributed by atoms with Crippen molar-refractivity contribution in [3.05, 3.63) is 84.1 Å². The fourth-order valence-electron chi connectivity index (χ4n) is 2.81. The first kappa shape index (κ1) is 18.6. The van der Waals surface area contributed by atoms with E-state index in [0.717, 1.165) is 35.8 Å². The molecule has 0 bridgehead atoms. The largest absolute Gasteiger partial charge is 0.485 e. The van der Waals surface area contributed by atoms with Gasteiger partial charge in [-0.25, -0.2) is 4.98 Å². The Morgan fingerprint density at radius 3 is 2.69 bits per heavy atom. The van der Waals surface area contributed by atoms with Crippen molar-refractivity contribution in [3.63, 3.8) is 0 Å². The molecule has 0 atom stereocenters. The number of benzene rings is 1. The second-order valence-electron chi connectivity index (χ2n) is 6.49. The Bertz CT molecular complexity index is 1050. The number of para-hydroxylation sites is 1. The van der Waals surface area contributed by atoms with Gasteiger partial charge in [-0.15, -0.1) is 0 Å². The lowest BCUT2D eigenvalue weighted by Gasteiger charge is -2.07. The maximum absolute atomic E-state index is 5.63. The zero-order valence-corrected chi connectivity index (χ0v) is 16.1. The fraction of sp³-hybridized carbons (Fsp3) is 0.182. The molecule has 0 amide bonds.